The quantitative estimate of drug-likeness (QED) is 0.490. The predicted molar refractivity (Wildman–Crippen MR) is 81.2 cm³/mol. The van der Waals surface area contributed by atoms with Crippen molar-refractivity contribution in [2.75, 3.05) is 6.54 Å². The maximum Gasteiger partial charge on any atom is 0.320 e. The lowest BCUT2D eigenvalue weighted by atomic mass is 9.92. The number of hydrogen-bond donors (Lipinski definition) is 1. The minimum atomic E-state index is -1.37. The molecule has 0 saturated carbocycles. The minimum absolute atomic E-state index is 0.0547. The fourth-order valence-electron chi connectivity index (χ4n) is 3.11. The summed E-state index contributed by atoms with van der Waals surface area (Å²) in [6.07, 6.45) is -5.10. The molecule has 0 aromatic heterocycles. The van der Waals surface area contributed by atoms with Crippen molar-refractivity contribution < 1.29 is 42.9 Å². The Hall–Kier alpha value is -2.85. The highest BCUT2D eigenvalue weighted by Crippen LogP contribution is 2.33. The maximum atomic E-state index is 12.2. The molecule has 1 N–H and O–H groups in total. The van der Waals surface area contributed by atoms with Gasteiger partial charge in [0.05, 0.1) is 6.04 Å². The highest BCUT2D eigenvalue weighted by molar-refractivity contribution is 5.79. The smallest absolute Gasteiger partial charge is 0.320 e. The zero-order valence-corrected chi connectivity index (χ0v) is 14.7. The Labute approximate surface area is 148 Å². The molecule has 2 amide bonds. The van der Waals surface area contributed by atoms with E-state index in [-0.39, 0.29) is 6.54 Å². The fraction of sp³-hybridized carbons (Fsp3) is 0.667. The Morgan fingerprint density at radius 3 is 1.77 bits per heavy atom. The minimum Gasteiger partial charge on any atom is -0.456 e. The molecule has 144 valence electrons. The van der Waals surface area contributed by atoms with Gasteiger partial charge in [-0.05, 0) is 0 Å². The van der Waals surface area contributed by atoms with Gasteiger partial charge >= 0.3 is 29.9 Å². The summed E-state index contributed by atoms with van der Waals surface area (Å²) in [7, 11) is 0. The third-order valence-electron chi connectivity index (χ3n) is 3.83. The molecule has 0 aromatic rings. The van der Waals surface area contributed by atoms with Gasteiger partial charge in [0.25, 0.3) is 0 Å². The molecule has 2 aliphatic heterocycles. The molecule has 0 unspecified atom stereocenters. The number of esters is 4. The highest BCUT2D eigenvalue weighted by atomic mass is 16.6. The number of rotatable bonds is 4. The highest BCUT2D eigenvalue weighted by Gasteiger charge is 2.59. The third-order valence-corrected chi connectivity index (χ3v) is 3.83. The van der Waals surface area contributed by atoms with E-state index in [1.54, 1.807) is 0 Å². The monoisotopic (exact) mass is 372 g/mol. The van der Waals surface area contributed by atoms with Crippen LogP contribution in [0.3, 0.4) is 0 Å². The summed E-state index contributed by atoms with van der Waals surface area (Å²) in [4.78, 5) is 59.5. The zero-order chi connectivity index (χ0) is 19.6. The van der Waals surface area contributed by atoms with Crippen LogP contribution in [0, 0.1) is 0 Å². The number of carbonyl (C=O) groups is 5. The standard InChI is InChI=1S/C15H20N2O9/c1-6(18)23-11-10-5-16-15(22)17(10)14(26-9(4)21)13(25-8(3)20)12(11)24-7(2)19/h10-14H,5H2,1-4H3,(H,16,22)/t10-,11-,12+,13-,14-/m1/s1. The van der Waals surface area contributed by atoms with Gasteiger partial charge in [-0.25, -0.2) is 4.79 Å². The number of amides is 2. The van der Waals surface area contributed by atoms with Gasteiger partial charge in [-0.15, -0.1) is 0 Å². The van der Waals surface area contributed by atoms with Crippen LogP contribution in [-0.4, -0.2) is 71.9 Å². The van der Waals surface area contributed by atoms with E-state index in [0.717, 1.165) is 32.6 Å². The molecular formula is C15H20N2O9. The van der Waals surface area contributed by atoms with Gasteiger partial charge in [-0.2, -0.15) is 0 Å². The fourth-order valence-corrected chi connectivity index (χ4v) is 3.11. The second-order valence-corrected chi connectivity index (χ2v) is 5.88. The Morgan fingerprint density at radius 2 is 1.27 bits per heavy atom. The summed E-state index contributed by atoms with van der Waals surface area (Å²) in [5.41, 5.74) is 0. The van der Waals surface area contributed by atoms with Gasteiger partial charge in [0.1, 0.15) is 0 Å². The van der Waals surface area contributed by atoms with E-state index in [2.05, 4.69) is 5.32 Å². The van der Waals surface area contributed by atoms with Crippen LogP contribution >= 0.6 is 0 Å². The van der Waals surface area contributed by atoms with Crippen molar-refractivity contribution in [3.05, 3.63) is 0 Å². The third kappa shape index (κ3) is 4.03. The number of nitrogens with one attached hydrogen (secondary N) is 1. The van der Waals surface area contributed by atoms with Crippen molar-refractivity contribution in [2.24, 2.45) is 0 Å². The number of piperidine rings is 1. The van der Waals surface area contributed by atoms with E-state index >= 15 is 0 Å². The molecule has 2 rings (SSSR count). The van der Waals surface area contributed by atoms with Crippen LogP contribution < -0.4 is 5.32 Å². The first-order valence-corrected chi connectivity index (χ1v) is 7.87. The van der Waals surface area contributed by atoms with Crippen LogP contribution in [0.4, 0.5) is 4.79 Å². The van der Waals surface area contributed by atoms with Crippen LogP contribution in [0.15, 0.2) is 0 Å². The average Bonchev–Trinajstić information content (AvgIpc) is 2.86. The van der Waals surface area contributed by atoms with Crippen molar-refractivity contribution in [1.82, 2.24) is 10.2 Å². The Morgan fingerprint density at radius 1 is 0.808 bits per heavy atom. The largest absolute Gasteiger partial charge is 0.456 e. The first-order valence-electron chi connectivity index (χ1n) is 7.87. The number of fused-ring (bicyclic) bond motifs is 1. The Balaban J connectivity index is 2.51. The van der Waals surface area contributed by atoms with E-state index in [9.17, 15) is 24.0 Å². The summed E-state index contributed by atoms with van der Waals surface area (Å²) in [6.45, 7) is 4.55. The van der Waals surface area contributed by atoms with Gasteiger partial charge in [0.15, 0.2) is 18.3 Å². The molecule has 11 heteroatoms. The van der Waals surface area contributed by atoms with Crippen LogP contribution in [-0.2, 0) is 38.1 Å². The molecule has 2 heterocycles. The van der Waals surface area contributed by atoms with Gasteiger partial charge in [-0.1, -0.05) is 0 Å². The van der Waals surface area contributed by atoms with Crippen LogP contribution in [0.1, 0.15) is 27.7 Å². The average molecular weight is 372 g/mol. The van der Waals surface area contributed by atoms with E-state index < -0.39 is 60.5 Å². The number of urea groups is 1. The van der Waals surface area contributed by atoms with Crippen molar-refractivity contribution in [2.45, 2.75) is 58.3 Å². The summed E-state index contributed by atoms with van der Waals surface area (Å²) < 4.78 is 20.8. The molecule has 11 nitrogen and oxygen atoms in total. The summed E-state index contributed by atoms with van der Waals surface area (Å²) in [5, 5.41) is 2.54. The second kappa shape index (κ2) is 7.58. The topological polar surface area (TPSA) is 138 Å². The summed E-state index contributed by atoms with van der Waals surface area (Å²) in [6, 6.07) is -1.39. The molecular weight excluding hydrogens is 352 g/mol. The number of ether oxygens (including phenoxy) is 4. The van der Waals surface area contributed by atoms with E-state index in [1.165, 1.54) is 0 Å². The Kier molecular flexibility index (Phi) is 5.68. The predicted octanol–water partition coefficient (Wildman–Crippen LogP) is -0.922. The van der Waals surface area contributed by atoms with Crippen LogP contribution in [0.25, 0.3) is 0 Å². The lowest BCUT2D eigenvalue weighted by molar-refractivity contribution is -0.236. The van der Waals surface area contributed by atoms with Gasteiger partial charge < -0.3 is 24.3 Å². The molecule has 0 aliphatic carbocycles. The van der Waals surface area contributed by atoms with Crippen LogP contribution in [0.5, 0.6) is 0 Å². The first kappa shape index (κ1) is 19.5. The molecule has 0 bridgehead atoms. The number of hydrogen-bond acceptors (Lipinski definition) is 9. The van der Waals surface area contributed by atoms with E-state index in [4.69, 9.17) is 18.9 Å². The van der Waals surface area contributed by atoms with Gasteiger partial charge in [0.2, 0.25) is 6.23 Å². The van der Waals surface area contributed by atoms with Crippen molar-refractivity contribution in [3.63, 3.8) is 0 Å². The first-order chi connectivity index (χ1) is 12.1. The lowest BCUT2D eigenvalue weighted by Gasteiger charge is -2.47. The van der Waals surface area contributed by atoms with Crippen molar-refractivity contribution >= 4 is 29.9 Å². The SMILES string of the molecule is CC(=O)O[C@@H]1[C@@H](OC(C)=O)[C@@H](OC(C)=O)N2C(=O)NC[C@@H]2[C@H]1OC(C)=O. The molecule has 5 atom stereocenters. The normalized spacial score (nSPS) is 29.9. The molecule has 2 saturated heterocycles. The van der Waals surface area contributed by atoms with Gasteiger partial charge in [-0.3, -0.25) is 24.1 Å². The number of carbonyl (C=O) groups excluding carboxylic acids is 5. The van der Waals surface area contributed by atoms with Crippen molar-refractivity contribution in [3.8, 4) is 0 Å². The van der Waals surface area contributed by atoms with Crippen LogP contribution in [0.2, 0.25) is 0 Å². The molecule has 0 spiro atoms. The summed E-state index contributed by atoms with van der Waals surface area (Å²) in [5.74, 6) is -2.90. The van der Waals surface area contributed by atoms with Crippen molar-refractivity contribution in [1.29, 1.82) is 0 Å². The Bertz CT molecular complexity index is 635. The molecule has 0 aromatic carbocycles. The summed E-state index contributed by atoms with van der Waals surface area (Å²) >= 11 is 0. The molecule has 2 aliphatic rings. The lowest BCUT2D eigenvalue weighted by Crippen LogP contribution is -2.69. The zero-order valence-electron chi connectivity index (χ0n) is 14.7. The van der Waals surface area contributed by atoms with Gasteiger partial charge in [0, 0.05) is 34.2 Å². The van der Waals surface area contributed by atoms with E-state index in [1.807, 2.05) is 0 Å². The molecule has 2 fully saturated rings. The molecule has 0 radical (unpaired) electrons. The maximum absolute atomic E-state index is 12.2. The molecule has 26 heavy (non-hydrogen) atoms. The second-order valence-electron chi connectivity index (χ2n) is 5.88. The number of nitrogens with zero attached hydrogens (tertiary/aromatic N) is 1. The van der Waals surface area contributed by atoms with E-state index in [0.29, 0.717) is 0 Å².